The molecule has 5 nitrogen and oxygen atoms in total. The van der Waals surface area contributed by atoms with Crippen molar-refractivity contribution in [2.24, 2.45) is 11.1 Å². The molecule has 2 N–H and O–H groups in total. The molecule has 0 fully saturated rings. The summed E-state index contributed by atoms with van der Waals surface area (Å²) < 4.78 is 13.1. The summed E-state index contributed by atoms with van der Waals surface area (Å²) in [6.07, 6.45) is 0. The van der Waals surface area contributed by atoms with E-state index in [0.717, 1.165) is 6.07 Å². The van der Waals surface area contributed by atoms with Crippen molar-refractivity contribution in [3.05, 3.63) is 34.1 Å². The number of halogens is 1. The number of rotatable bonds is 6. The van der Waals surface area contributed by atoms with E-state index < -0.39 is 10.7 Å². The molecule has 6 heteroatoms. The molecule has 0 unspecified atom stereocenters. The van der Waals surface area contributed by atoms with Gasteiger partial charge in [0.05, 0.1) is 11.0 Å². The van der Waals surface area contributed by atoms with Crippen LogP contribution in [0, 0.1) is 21.3 Å². The van der Waals surface area contributed by atoms with E-state index in [4.69, 9.17) is 5.73 Å². The van der Waals surface area contributed by atoms with Gasteiger partial charge in [-0.1, -0.05) is 13.8 Å². The molecule has 0 amide bonds. The number of hydrogen-bond acceptors (Lipinski definition) is 4. The summed E-state index contributed by atoms with van der Waals surface area (Å²) in [5, 5.41) is 11.0. The summed E-state index contributed by atoms with van der Waals surface area (Å²) in [6.45, 7) is 7.52. The van der Waals surface area contributed by atoms with Crippen LogP contribution >= 0.6 is 0 Å². The van der Waals surface area contributed by atoms with Gasteiger partial charge in [-0.15, -0.1) is 0 Å². The average molecular weight is 269 g/mol. The van der Waals surface area contributed by atoms with E-state index in [1.165, 1.54) is 12.1 Å². The first-order valence-electron chi connectivity index (χ1n) is 6.19. The maximum atomic E-state index is 13.1. The van der Waals surface area contributed by atoms with Crippen LogP contribution < -0.4 is 10.6 Å². The molecule has 0 aromatic heterocycles. The molecular formula is C13H20FN3O2. The SMILES string of the molecule is CCN(CC(C)(C)CN)c1ccc(F)cc1[N+](=O)[O-]. The van der Waals surface area contributed by atoms with Crippen molar-refractivity contribution in [2.45, 2.75) is 20.8 Å². The van der Waals surface area contributed by atoms with E-state index in [1.807, 2.05) is 25.7 Å². The van der Waals surface area contributed by atoms with Gasteiger partial charge in [-0.25, -0.2) is 4.39 Å². The van der Waals surface area contributed by atoms with Crippen molar-refractivity contribution in [3.8, 4) is 0 Å². The molecular weight excluding hydrogens is 249 g/mol. The molecule has 1 rings (SSSR count). The van der Waals surface area contributed by atoms with Gasteiger partial charge in [0.15, 0.2) is 0 Å². The smallest absolute Gasteiger partial charge is 0.295 e. The highest BCUT2D eigenvalue weighted by Gasteiger charge is 2.25. The summed E-state index contributed by atoms with van der Waals surface area (Å²) in [4.78, 5) is 12.3. The third kappa shape index (κ3) is 3.89. The molecule has 106 valence electrons. The summed E-state index contributed by atoms with van der Waals surface area (Å²) in [5.41, 5.74) is 5.73. The number of nitrogens with zero attached hydrogens (tertiary/aromatic N) is 2. The second kappa shape index (κ2) is 5.97. The minimum atomic E-state index is -0.607. The van der Waals surface area contributed by atoms with Gasteiger partial charge < -0.3 is 10.6 Å². The minimum absolute atomic E-state index is 0.168. The Bertz CT molecular complexity index is 463. The molecule has 0 aliphatic heterocycles. The third-order valence-corrected chi connectivity index (χ3v) is 3.03. The Kier molecular flexibility index (Phi) is 4.83. The monoisotopic (exact) mass is 269 g/mol. The topological polar surface area (TPSA) is 72.4 Å². The Morgan fingerprint density at radius 1 is 1.47 bits per heavy atom. The second-order valence-electron chi connectivity index (χ2n) is 5.27. The Morgan fingerprint density at radius 3 is 2.58 bits per heavy atom. The normalized spacial score (nSPS) is 11.4. The van der Waals surface area contributed by atoms with Gasteiger partial charge >= 0.3 is 0 Å². The van der Waals surface area contributed by atoms with Crippen molar-refractivity contribution in [1.29, 1.82) is 0 Å². The lowest BCUT2D eigenvalue weighted by Crippen LogP contribution is -2.39. The van der Waals surface area contributed by atoms with Crippen molar-refractivity contribution in [1.82, 2.24) is 0 Å². The number of nitro benzene ring substituents is 1. The molecule has 1 aromatic carbocycles. The highest BCUT2D eigenvalue weighted by Crippen LogP contribution is 2.30. The average Bonchev–Trinajstić information content (AvgIpc) is 2.36. The van der Waals surface area contributed by atoms with Gasteiger partial charge in [0.1, 0.15) is 11.5 Å². The largest absolute Gasteiger partial charge is 0.366 e. The number of anilines is 1. The highest BCUT2D eigenvalue weighted by molar-refractivity contribution is 5.63. The van der Waals surface area contributed by atoms with Crippen LogP contribution in [0.4, 0.5) is 15.8 Å². The van der Waals surface area contributed by atoms with Crippen LogP contribution in [0.15, 0.2) is 18.2 Å². The van der Waals surface area contributed by atoms with Gasteiger partial charge in [-0.05, 0) is 31.0 Å². The van der Waals surface area contributed by atoms with Gasteiger partial charge in [0.2, 0.25) is 0 Å². The Hall–Kier alpha value is -1.69. The zero-order valence-electron chi connectivity index (χ0n) is 11.5. The Balaban J connectivity index is 3.15. The molecule has 0 aliphatic carbocycles. The molecule has 0 spiro atoms. The standard InChI is InChI=1S/C13H20FN3O2/c1-4-16(9-13(2,3)8-15)11-6-5-10(14)7-12(11)17(18)19/h5-7H,4,8-9,15H2,1-3H3. The first-order chi connectivity index (χ1) is 8.80. The van der Waals surface area contributed by atoms with E-state index in [-0.39, 0.29) is 11.1 Å². The Morgan fingerprint density at radius 2 is 2.11 bits per heavy atom. The van der Waals surface area contributed by atoms with Crippen LogP contribution in [-0.2, 0) is 0 Å². The van der Waals surface area contributed by atoms with Crippen molar-refractivity contribution < 1.29 is 9.31 Å². The zero-order chi connectivity index (χ0) is 14.6. The van der Waals surface area contributed by atoms with Gasteiger partial charge in [-0.3, -0.25) is 10.1 Å². The van der Waals surface area contributed by atoms with Gasteiger partial charge in [0, 0.05) is 13.1 Å². The van der Waals surface area contributed by atoms with Crippen LogP contribution in [0.3, 0.4) is 0 Å². The van der Waals surface area contributed by atoms with E-state index in [9.17, 15) is 14.5 Å². The van der Waals surface area contributed by atoms with E-state index in [2.05, 4.69) is 0 Å². The fourth-order valence-corrected chi connectivity index (χ4v) is 1.86. The van der Waals surface area contributed by atoms with Crippen LogP contribution in [0.25, 0.3) is 0 Å². The van der Waals surface area contributed by atoms with Gasteiger partial charge in [-0.2, -0.15) is 0 Å². The summed E-state index contributed by atoms with van der Waals surface area (Å²) in [7, 11) is 0. The molecule has 0 saturated heterocycles. The van der Waals surface area contributed by atoms with Crippen LogP contribution in [0.5, 0.6) is 0 Å². The first kappa shape index (κ1) is 15.4. The van der Waals surface area contributed by atoms with E-state index in [0.29, 0.717) is 25.3 Å². The molecule has 1 aromatic rings. The fourth-order valence-electron chi connectivity index (χ4n) is 1.86. The highest BCUT2D eigenvalue weighted by atomic mass is 19.1. The van der Waals surface area contributed by atoms with Crippen LogP contribution in [0.2, 0.25) is 0 Å². The molecule has 0 saturated carbocycles. The van der Waals surface area contributed by atoms with E-state index >= 15 is 0 Å². The minimum Gasteiger partial charge on any atom is -0.366 e. The fraction of sp³-hybridized carbons (Fsp3) is 0.538. The second-order valence-corrected chi connectivity index (χ2v) is 5.27. The summed E-state index contributed by atoms with van der Waals surface area (Å²) in [6, 6.07) is 3.64. The van der Waals surface area contributed by atoms with Crippen LogP contribution in [0.1, 0.15) is 20.8 Å². The lowest BCUT2D eigenvalue weighted by molar-refractivity contribution is -0.384. The number of benzene rings is 1. The molecule has 19 heavy (non-hydrogen) atoms. The quantitative estimate of drug-likeness (QED) is 0.636. The molecule has 0 atom stereocenters. The zero-order valence-corrected chi connectivity index (χ0v) is 11.5. The summed E-state index contributed by atoms with van der Waals surface area (Å²) >= 11 is 0. The number of hydrogen-bond donors (Lipinski definition) is 1. The van der Waals surface area contributed by atoms with Gasteiger partial charge in [0.25, 0.3) is 5.69 Å². The van der Waals surface area contributed by atoms with Crippen molar-refractivity contribution in [2.75, 3.05) is 24.5 Å². The number of nitrogens with two attached hydrogens (primary N) is 1. The lowest BCUT2D eigenvalue weighted by Gasteiger charge is -2.32. The predicted molar refractivity (Wildman–Crippen MR) is 73.8 cm³/mol. The predicted octanol–water partition coefficient (Wildman–Crippen LogP) is 2.55. The first-order valence-corrected chi connectivity index (χ1v) is 6.19. The van der Waals surface area contributed by atoms with Crippen molar-refractivity contribution in [3.63, 3.8) is 0 Å². The molecule has 0 aliphatic rings. The summed E-state index contributed by atoms with van der Waals surface area (Å²) in [5.74, 6) is -0.607. The Labute approximate surface area is 112 Å². The maximum Gasteiger partial charge on any atom is 0.295 e. The van der Waals surface area contributed by atoms with Crippen LogP contribution in [-0.4, -0.2) is 24.6 Å². The molecule has 0 heterocycles. The maximum absolute atomic E-state index is 13.1. The lowest BCUT2D eigenvalue weighted by atomic mass is 9.93. The number of nitro groups is 1. The van der Waals surface area contributed by atoms with Crippen molar-refractivity contribution >= 4 is 11.4 Å². The van der Waals surface area contributed by atoms with E-state index in [1.54, 1.807) is 0 Å². The molecule has 0 bridgehead atoms. The third-order valence-electron chi connectivity index (χ3n) is 3.03. The molecule has 0 radical (unpaired) electrons.